The van der Waals surface area contributed by atoms with Gasteiger partial charge in [-0.15, -0.1) is 0 Å². The number of nitrogens with one attached hydrogen (secondary N) is 1. The second-order valence-corrected chi connectivity index (χ2v) is 4.48. The topological polar surface area (TPSA) is 66.8 Å². The van der Waals surface area contributed by atoms with Crippen LogP contribution in [-0.2, 0) is 4.79 Å². The molecule has 1 heterocycles. The molecule has 1 rings (SSSR count). The maximum Gasteiger partial charge on any atom is 0.240 e. The zero-order chi connectivity index (χ0) is 14.3. The number of hydrogen-bond donors (Lipinski definition) is 1. The number of pyridine rings is 1. The number of ether oxygens (including phenoxy) is 1. The summed E-state index contributed by atoms with van der Waals surface area (Å²) in [5.74, 6) is 0.503. The molecule has 0 saturated heterocycles. The van der Waals surface area contributed by atoms with Gasteiger partial charge in [0.2, 0.25) is 11.8 Å². The largest absolute Gasteiger partial charge is 0.481 e. The quantitative estimate of drug-likeness (QED) is 0.476. The highest BCUT2D eigenvalue weighted by Gasteiger charge is 2.11. The summed E-state index contributed by atoms with van der Waals surface area (Å²) in [6.45, 7) is 1.98. The standard InChI is InChI=1S/C13H20N4O2/c1-10(7-12(18)16-15-9-17(2)3)11-5-6-14-13(8-11)19-4/h5-6,8-10H,7H2,1-4H3,(H,16,18). The lowest BCUT2D eigenvalue weighted by atomic mass is 9.99. The van der Waals surface area contributed by atoms with Crippen LogP contribution >= 0.6 is 0 Å². The maximum atomic E-state index is 11.7. The number of carbonyl (C=O) groups is 1. The van der Waals surface area contributed by atoms with E-state index in [1.165, 1.54) is 6.34 Å². The van der Waals surface area contributed by atoms with Crippen LogP contribution in [0, 0.1) is 0 Å². The number of nitrogens with zero attached hydrogens (tertiary/aromatic N) is 3. The van der Waals surface area contributed by atoms with Crippen LogP contribution in [0.1, 0.15) is 24.8 Å². The monoisotopic (exact) mass is 264 g/mol. The number of amides is 1. The van der Waals surface area contributed by atoms with Crippen molar-refractivity contribution >= 4 is 12.2 Å². The summed E-state index contributed by atoms with van der Waals surface area (Å²) in [5.41, 5.74) is 3.50. The van der Waals surface area contributed by atoms with E-state index in [1.54, 1.807) is 18.2 Å². The zero-order valence-electron chi connectivity index (χ0n) is 11.8. The Bertz CT molecular complexity index is 446. The molecule has 1 atom stereocenters. The number of methoxy groups -OCH3 is 1. The van der Waals surface area contributed by atoms with Gasteiger partial charge in [0.25, 0.3) is 0 Å². The summed E-state index contributed by atoms with van der Waals surface area (Å²) in [7, 11) is 5.24. The lowest BCUT2D eigenvalue weighted by Gasteiger charge is -2.11. The Hall–Kier alpha value is -2.11. The van der Waals surface area contributed by atoms with E-state index in [2.05, 4.69) is 15.5 Å². The van der Waals surface area contributed by atoms with Crippen LogP contribution in [0.2, 0.25) is 0 Å². The molecule has 0 radical (unpaired) electrons. The molecule has 1 unspecified atom stereocenters. The molecule has 0 bridgehead atoms. The van der Waals surface area contributed by atoms with Gasteiger partial charge < -0.3 is 9.64 Å². The summed E-state index contributed by atoms with van der Waals surface area (Å²) in [4.78, 5) is 17.5. The molecule has 1 N–H and O–H groups in total. The highest BCUT2D eigenvalue weighted by molar-refractivity contribution is 5.77. The Kier molecular flexibility index (Phi) is 5.78. The van der Waals surface area contributed by atoms with E-state index in [0.717, 1.165) is 5.56 Å². The van der Waals surface area contributed by atoms with Crippen LogP contribution in [0.5, 0.6) is 5.88 Å². The Balaban J connectivity index is 2.53. The van der Waals surface area contributed by atoms with Crippen molar-refractivity contribution in [3.8, 4) is 5.88 Å². The fraction of sp³-hybridized carbons (Fsp3) is 0.462. The first-order valence-electron chi connectivity index (χ1n) is 6.01. The van der Waals surface area contributed by atoms with Crippen molar-refractivity contribution in [1.82, 2.24) is 15.3 Å². The van der Waals surface area contributed by atoms with Crippen molar-refractivity contribution in [3.63, 3.8) is 0 Å². The average molecular weight is 264 g/mol. The molecule has 1 aromatic rings. The fourth-order valence-corrected chi connectivity index (χ4v) is 1.50. The summed E-state index contributed by atoms with van der Waals surface area (Å²) in [5, 5.41) is 3.82. The van der Waals surface area contributed by atoms with Gasteiger partial charge in [-0.1, -0.05) is 6.92 Å². The van der Waals surface area contributed by atoms with Crippen molar-refractivity contribution < 1.29 is 9.53 Å². The Labute approximate surface area is 113 Å². The molecule has 0 aliphatic carbocycles. The van der Waals surface area contributed by atoms with Gasteiger partial charge in [0.1, 0.15) is 6.34 Å². The first-order chi connectivity index (χ1) is 9.02. The van der Waals surface area contributed by atoms with Gasteiger partial charge in [0, 0.05) is 32.8 Å². The molecular weight excluding hydrogens is 244 g/mol. The number of hydrogen-bond acceptors (Lipinski definition) is 4. The third-order valence-electron chi connectivity index (χ3n) is 2.51. The maximum absolute atomic E-state index is 11.7. The van der Waals surface area contributed by atoms with E-state index in [9.17, 15) is 4.79 Å². The molecule has 6 heteroatoms. The molecule has 1 aromatic heterocycles. The Morgan fingerprint density at radius 2 is 2.37 bits per heavy atom. The predicted octanol–water partition coefficient (Wildman–Crippen LogP) is 1.20. The fourth-order valence-electron chi connectivity index (χ4n) is 1.50. The summed E-state index contributed by atoms with van der Waals surface area (Å²) >= 11 is 0. The van der Waals surface area contributed by atoms with Gasteiger partial charge >= 0.3 is 0 Å². The van der Waals surface area contributed by atoms with Crippen LogP contribution < -0.4 is 10.2 Å². The van der Waals surface area contributed by atoms with Gasteiger partial charge in [-0.2, -0.15) is 5.10 Å². The number of carbonyl (C=O) groups excluding carboxylic acids is 1. The van der Waals surface area contributed by atoms with Crippen molar-refractivity contribution in [2.75, 3.05) is 21.2 Å². The minimum absolute atomic E-state index is 0.0754. The minimum Gasteiger partial charge on any atom is -0.481 e. The van der Waals surface area contributed by atoms with Gasteiger partial charge in [-0.05, 0) is 17.5 Å². The lowest BCUT2D eigenvalue weighted by Crippen LogP contribution is -2.21. The molecule has 1 amide bonds. The highest BCUT2D eigenvalue weighted by Crippen LogP contribution is 2.21. The third-order valence-corrected chi connectivity index (χ3v) is 2.51. The molecule has 0 aliphatic rings. The summed E-state index contributed by atoms with van der Waals surface area (Å²) in [6, 6.07) is 3.71. The minimum atomic E-state index is -0.124. The van der Waals surface area contributed by atoms with E-state index in [-0.39, 0.29) is 11.8 Å². The predicted molar refractivity (Wildman–Crippen MR) is 74.1 cm³/mol. The first kappa shape index (κ1) is 14.9. The molecule has 0 fully saturated rings. The number of hydrazone groups is 1. The summed E-state index contributed by atoms with van der Waals surface area (Å²) in [6.07, 6.45) is 3.57. The molecule has 0 aromatic carbocycles. The van der Waals surface area contributed by atoms with Gasteiger partial charge in [-0.3, -0.25) is 4.79 Å². The number of rotatable bonds is 6. The zero-order valence-corrected chi connectivity index (χ0v) is 11.8. The van der Waals surface area contributed by atoms with Gasteiger partial charge in [0.15, 0.2) is 0 Å². The van der Waals surface area contributed by atoms with E-state index < -0.39 is 0 Å². The normalized spacial score (nSPS) is 12.2. The Morgan fingerprint density at radius 3 is 3.00 bits per heavy atom. The van der Waals surface area contributed by atoms with E-state index in [1.807, 2.05) is 33.2 Å². The van der Waals surface area contributed by atoms with Crippen LogP contribution in [0.25, 0.3) is 0 Å². The smallest absolute Gasteiger partial charge is 0.240 e. The van der Waals surface area contributed by atoms with Crippen LogP contribution in [0.3, 0.4) is 0 Å². The molecule has 104 valence electrons. The highest BCUT2D eigenvalue weighted by atomic mass is 16.5. The Morgan fingerprint density at radius 1 is 1.63 bits per heavy atom. The van der Waals surface area contributed by atoms with Crippen molar-refractivity contribution in [2.45, 2.75) is 19.3 Å². The molecule has 6 nitrogen and oxygen atoms in total. The number of aromatic nitrogens is 1. The lowest BCUT2D eigenvalue weighted by molar-refractivity contribution is -0.121. The van der Waals surface area contributed by atoms with Crippen molar-refractivity contribution in [3.05, 3.63) is 23.9 Å². The van der Waals surface area contributed by atoms with Crippen molar-refractivity contribution in [2.24, 2.45) is 5.10 Å². The van der Waals surface area contributed by atoms with Crippen LogP contribution in [-0.4, -0.2) is 43.3 Å². The second-order valence-electron chi connectivity index (χ2n) is 4.48. The third kappa shape index (κ3) is 5.37. The summed E-state index contributed by atoms with van der Waals surface area (Å²) < 4.78 is 5.06. The molecule has 0 spiro atoms. The molecule has 0 aliphatic heterocycles. The van der Waals surface area contributed by atoms with E-state index in [4.69, 9.17) is 4.74 Å². The SMILES string of the molecule is COc1cc(C(C)CC(=O)NN=CN(C)C)ccn1. The van der Waals surface area contributed by atoms with Crippen LogP contribution in [0.4, 0.5) is 0 Å². The van der Waals surface area contributed by atoms with Crippen LogP contribution in [0.15, 0.2) is 23.4 Å². The molecule has 19 heavy (non-hydrogen) atoms. The van der Waals surface area contributed by atoms with Gasteiger partial charge in [-0.25, -0.2) is 10.4 Å². The first-order valence-corrected chi connectivity index (χ1v) is 6.01. The van der Waals surface area contributed by atoms with E-state index >= 15 is 0 Å². The van der Waals surface area contributed by atoms with E-state index in [0.29, 0.717) is 12.3 Å². The van der Waals surface area contributed by atoms with Crippen molar-refractivity contribution in [1.29, 1.82) is 0 Å². The molecular formula is C13H20N4O2. The van der Waals surface area contributed by atoms with Gasteiger partial charge in [0.05, 0.1) is 7.11 Å². The average Bonchev–Trinajstić information content (AvgIpc) is 2.38. The molecule has 0 saturated carbocycles. The second kappa shape index (κ2) is 7.35.